The molecule has 0 aromatic carbocycles. The van der Waals surface area contributed by atoms with Crippen molar-refractivity contribution in [2.45, 2.75) is 39.3 Å². The Kier molecular flexibility index (Phi) is 4.85. The summed E-state index contributed by atoms with van der Waals surface area (Å²) in [4.78, 5) is 21.9. The monoisotopic (exact) mass is 270 g/mol. The molecule has 19 heavy (non-hydrogen) atoms. The highest BCUT2D eigenvalue weighted by atomic mass is 16.6. The predicted octanol–water partition coefficient (Wildman–Crippen LogP) is 0.891. The maximum atomic E-state index is 11.3. The number of ether oxygens (including phenoxy) is 1. The highest BCUT2D eigenvalue weighted by Crippen LogP contribution is 2.06. The van der Waals surface area contributed by atoms with Crippen LogP contribution in [0.15, 0.2) is 6.20 Å². The summed E-state index contributed by atoms with van der Waals surface area (Å²) in [5.41, 5.74) is -0.619. The third-order valence-corrected chi connectivity index (χ3v) is 1.99. The minimum absolute atomic E-state index is 0.0971. The lowest BCUT2D eigenvalue weighted by Gasteiger charge is -2.19. The van der Waals surface area contributed by atoms with Crippen molar-refractivity contribution in [1.29, 1.82) is 0 Å². The number of nitrogens with one attached hydrogen (secondary N) is 1. The molecule has 1 aromatic heterocycles. The predicted molar refractivity (Wildman–Crippen MR) is 65.8 cm³/mol. The third-order valence-electron chi connectivity index (χ3n) is 1.99. The second kappa shape index (κ2) is 6.17. The van der Waals surface area contributed by atoms with Crippen LogP contribution in [0.25, 0.3) is 0 Å². The summed E-state index contributed by atoms with van der Waals surface area (Å²) in [7, 11) is 0. The van der Waals surface area contributed by atoms with Gasteiger partial charge in [0.25, 0.3) is 0 Å². The quantitative estimate of drug-likeness (QED) is 0.769. The van der Waals surface area contributed by atoms with Crippen LogP contribution >= 0.6 is 0 Å². The van der Waals surface area contributed by atoms with Crippen molar-refractivity contribution in [3.8, 4) is 0 Å². The summed E-state index contributed by atoms with van der Waals surface area (Å²) < 4.78 is 6.48. The summed E-state index contributed by atoms with van der Waals surface area (Å²) in [6, 6.07) is 0. The van der Waals surface area contributed by atoms with Crippen LogP contribution < -0.4 is 5.32 Å². The Hall–Kier alpha value is -2.12. The molecule has 0 radical (unpaired) electrons. The van der Waals surface area contributed by atoms with Crippen molar-refractivity contribution in [2.75, 3.05) is 6.54 Å². The molecular formula is C11H18N4O4. The van der Waals surface area contributed by atoms with E-state index in [0.29, 0.717) is 19.5 Å². The van der Waals surface area contributed by atoms with Gasteiger partial charge in [-0.25, -0.2) is 9.59 Å². The van der Waals surface area contributed by atoms with Crippen molar-refractivity contribution in [1.82, 2.24) is 20.3 Å². The van der Waals surface area contributed by atoms with Crippen LogP contribution in [0.5, 0.6) is 0 Å². The fraction of sp³-hybridized carbons (Fsp3) is 0.636. The average Bonchev–Trinajstić information content (AvgIpc) is 2.70. The van der Waals surface area contributed by atoms with E-state index in [-0.39, 0.29) is 5.69 Å². The Balaban J connectivity index is 2.23. The number of carboxylic acid groups (broad SMARTS) is 1. The van der Waals surface area contributed by atoms with Gasteiger partial charge in [0.05, 0.1) is 6.20 Å². The standard InChI is InChI=1S/C11H18N4O4/c1-11(2,3)19-10(18)12-5-4-6-15-7-8(9(16)17)13-14-15/h7H,4-6H2,1-3H3,(H,12,18)(H,16,17). The number of nitrogens with zero attached hydrogens (tertiary/aromatic N) is 3. The molecule has 0 aliphatic rings. The highest BCUT2D eigenvalue weighted by Gasteiger charge is 2.15. The van der Waals surface area contributed by atoms with Crippen molar-refractivity contribution in [2.24, 2.45) is 0 Å². The van der Waals surface area contributed by atoms with E-state index in [2.05, 4.69) is 15.6 Å². The lowest BCUT2D eigenvalue weighted by Crippen LogP contribution is -2.33. The van der Waals surface area contributed by atoms with Crippen LogP contribution in [0.4, 0.5) is 4.79 Å². The van der Waals surface area contributed by atoms with Gasteiger partial charge in [-0.2, -0.15) is 0 Å². The molecule has 1 rings (SSSR count). The Labute approximate surface area is 110 Å². The first-order valence-electron chi connectivity index (χ1n) is 5.88. The van der Waals surface area contributed by atoms with Gasteiger partial charge >= 0.3 is 12.1 Å². The molecular weight excluding hydrogens is 252 g/mol. The molecule has 0 spiro atoms. The maximum Gasteiger partial charge on any atom is 0.407 e. The second-order valence-electron chi connectivity index (χ2n) is 4.95. The Morgan fingerprint density at radius 3 is 2.68 bits per heavy atom. The first-order valence-corrected chi connectivity index (χ1v) is 5.88. The molecule has 0 atom stereocenters. The van der Waals surface area contributed by atoms with Crippen molar-refractivity contribution >= 4 is 12.1 Å². The van der Waals surface area contributed by atoms with Gasteiger partial charge in [-0.3, -0.25) is 4.68 Å². The molecule has 0 aliphatic carbocycles. The van der Waals surface area contributed by atoms with Gasteiger partial charge in [-0.15, -0.1) is 5.10 Å². The fourth-order valence-electron chi connectivity index (χ4n) is 1.25. The smallest absolute Gasteiger partial charge is 0.407 e. The van der Waals surface area contributed by atoms with E-state index in [1.54, 1.807) is 20.8 Å². The van der Waals surface area contributed by atoms with Gasteiger partial charge < -0.3 is 15.2 Å². The summed E-state index contributed by atoms with van der Waals surface area (Å²) in [6.07, 6.45) is 1.47. The topological polar surface area (TPSA) is 106 Å². The van der Waals surface area contributed by atoms with Crippen LogP contribution in [-0.2, 0) is 11.3 Å². The summed E-state index contributed by atoms with van der Waals surface area (Å²) in [6.45, 7) is 6.24. The van der Waals surface area contributed by atoms with E-state index < -0.39 is 17.7 Å². The number of amides is 1. The molecule has 0 saturated heterocycles. The lowest BCUT2D eigenvalue weighted by molar-refractivity contribution is 0.0526. The van der Waals surface area contributed by atoms with Gasteiger partial charge in [0, 0.05) is 13.1 Å². The zero-order chi connectivity index (χ0) is 14.5. The molecule has 0 fully saturated rings. The highest BCUT2D eigenvalue weighted by molar-refractivity contribution is 5.84. The molecule has 0 unspecified atom stereocenters. The zero-order valence-electron chi connectivity index (χ0n) is 11.2. The van der Waals surface area contributed by atoms with Crippen LogP contribution in [-0.4, -0.2) is 44.3 Å². The largest absolute Gasteiger partial charge is 0.476 e. The Bertz CT molecular complexity index is 450. The van der Waals surface area contributed by atoms with Crippen molar-refractivity contribution in [3.63, 3.8) is 0 Å². The number of alkyl carbamates (subject to hydrolysis) is 1. The van der Waals surface area contributed by atoms with Gasteiger partial charge in [-0.1, -0.05) is 5.21 Å². The second-order valence-corrected chi connectivity index (χ2v) is 4.95. The number of carbonyl (C=O) groups is 2. The van der Waals surface area contributed by atoms with E-state index in [0.717, 1.165) is 0 Å². The van der Waals surface area contributed by atoms with E-state index >= 15 is 0 Å². The average molecular weight is 270 g/mol. The van der Waals surface area contributed by atoms with Crippen molar-refractivity contribution in [3.05, 3.63) is 11.9 Å². The van der Waals surface area contributed by atoms with Crippen molar-refractivity contribution < 1.29 is 19.4 Å². The number of hydrogen-bond donors (Lipinski definition) is 2. The van der Waals surface area contributed by atoms with Crippen LogP contribution in [0.2, 0.25) is 0 Å². The molecule has 1 heterocycles. The normalized spacial score (nSPS) is 11.1. The van der Waals surface area contributed by atoms with Gasteiger partial charge in [0.1, 0.15) is 5.60 Å². The summed E-state index contributed by atoms with van der Waals surface area (Å²) in [5.74, 6) is -1.11. The molecule has 1 aromatic rings. The summed E-state index contributed by atoms with van der Waals surface area (Å²) in [5, 5.41) is 18.4. The number of hydrogen-bond acceptors (Lipinski definition) is 5. The first-order chi connectivity index (χ1) is 8.78. The number of carboxylic acids is 1. The third kappa shape index (κ3) is 5.84. The zero-order valence-corrected chi connectivity index (χ0v) is 11.2. The van der Waals surface area contributed by atoms with E-state index in [1.807, 2.05) is 0 Å². The Morgan fingerprint density at radius 2 is 2.16 bits per heavy atom. The maximum absolute atomic E-state index is 11.3. The van der Waals surface area contributed by atoms with Gasteiger partial charge in [-0.05, 0) is 27.2 Å². The molecule has 1 amide bonds. The number of aromatic nitrogens is 3. The van der Waals surface area contributed by atoms with Gasteiger partial charge in [0.2, 0.25) is 0 Å². The van der Waals surface area contributed by atoms with Crippen LogP contribution in [0.3, 0.4) is 0 Å². The molecule has 0 aliphatic heterocycles. The first kappa shape index (κ1) is 14.9. The molecule has 0 saturated carbocycles. The molecule has 8 nitrogen and oxygen atoms in total. The van der Waals surface area contributed by atoms with E-state index in [9.17, 15) is 9.59 Å². The molecule has 8 heteroatoms. The van der Waals surface area contributed by atoms with Gasteiger partial charge in [0.15, 0.2) is 5.69 Å². The Morgan fingerprint density at radius 1 is 1.47 bits per heavy atom. The van der Waals surface area contributed by atoms with E-state index in [4.69, 9.17) is 9.84 Å². The van der Waals surface area contributed by atoms with Crippen LogP contribution in [0, 0.1) is 0 Å². The number of aryl methyl sites for hydroxylation is 1. The number of aromatic carboxylic acids is 1. The minimum Gasteiger partial charge on any atom is -0.476 e. The lowest BCUT2D eigenvalue weighted by atomic mass is 10.2. The van der Waals surface area contributed by atoms with E-state index in [1.165, 1.54) is 10.9 Å². The molecule has 2 N–H and O–H groups in total. The SMILES string of the molecule is CC(C)(C)OC(=O)NCCCn1cc(C(=O)O)nn1. The molecule has 0 bridgehead atoms. The molecule has 106 valence electrons. The number of carbonyl (C=O) groups excluding carboxylic acids is 1. The number of rotatable bonds is 5. The summed E-state index contributed by atoms with van der Waals surface area (Å²) >= 11 is 0. The van der Waals surface area contributed by atoms with Crippen LogP contribution in [0.1, 0.15) is 37.7 Å². The fourth-order valence-corrected chi connectivity index (χ4v) is 1.25. The minimum atomic E-state index is -1.11.